The minimum absolute atomic E-state index is 0.0255. The summed E-state index contributed by atoms with van der Waals surface area (Å²) >= 11 is 0. The van der Waals surface area contributed by atoms with E-state index in [4.69, 9.17) is 0 Å². The third kappa shape index (κ3) is 2.63. The van der Waals surface area contributed by atoms with Crippen molar-refractivity contribution in [3.8, 4) is 0 Å². The molecule has 1 saturated carbocycles. The van der Waals surface area contributed by atoms with E-state index in [0.29, 0.717) is 6.54 Å². The van der Waals surface area contributed by atoms with Crippen molar-refractivity contribution in [1.29, 1.82) is 0 Å². The summed E-state index contributed by atoms with van der Waals surface area (Å²) in [7, 11) is 0. The number of rotatable bonds is 2. The molecule has 1 saturated heterocycles. The van der Waals surface area contributed by atoms with Gasteiger partial charge in [0.05, 0.1) is 0 Å². The first kappa shape index (κ1) is 14.4. The zero-order chi connectivity index (χ0) is 14.4. The van der Waals surface area contributed by atoms with Crippen molar-refractivity contribution in [2.24, 2.45) is 10.8 Å². The Balaban J connectivity index is 2.19. The molecule has 2 unspecified atom stereocenters. The molecule has 2 fully saturated rings. The number of piperazine rings is 1. The topological polar surface area (TPSA) is 49.4 Å². The van der Waals surface area contributed by atoms with Crippen LogP contribution in [0.25, 0.3) is 0 Å². The Hall–Kier alpha value is -1.06. The summed E-state index contributed by atoms with van der Waals surface area (Å²) in [5.74, 6) is 0.0511. The van der Waals surface area contributed by atoms with E-state index in [2.05, 4.69) is 12.2 Å². The molecule has 4 heteroatoms. The quantitative estimate of drug-likeness (QED) is 0.830. The van der Waals surface area contributed by atoms with Gasteiger partial charge in [0.2, 0.25) is 11.8 Å². The van der Waals surface area contributed by atoms with E-state index in [0.717, 1.165) is 12.8 Å². The highest BCUT2D eigenvalue weighted by Crippen LogP contribution is 2.42. The maximum atomic E-state index is 12.7. The lowest BCUT2D eigenvalue weighted by atomic mass is 9.69. The van der Waals surface area contributed by atoms with Crippen molar-refractivity contribution < 1.29 is 9.59 Å². The van der Waals surface area contributed by atoms with Gasteiger partial charge in [0, 0.05) is 6.54 Å². The Bertz CT molecular complexity index is 393. The number of hydrogen-bond donors (Lipinski definition) is 1. The van der Waals surface area contributed by atoms with Gasteiger partial charge in [-0.25, -0.2) is 0 Å². The average molecular weight is 266 g/mol. The molecule has 2 aliphatic rings. The molecular weight excluding hydrogens is 240 g/mol. The van der Waals surface area contributed by atoms with E-state index in [-0.39, 0.29) is 28.7 Å². The van der Waals surface area contributed by atoms with Crippen molar-refractivity contribution in [3.63, 3.8) is 0 Å². The van der Waals surface area contributed by atoms with Gasteiger partial charge >= 0.3 is 0 Å². The van der Waals surface area contributed by atoms with E-state index in [1.54, 1.807) is 4.90 Å². The molecule has 0 radical (unpaired) electrons. The number of amides is 2. The predicted octanol–water partition coefficient (Wildman–Crippen LogP) is 1.94. The number of carbonyl (C=O) groups is 2. The van der Waals surface area contributed by atoms with Crippen LogP contribution in [0.2, 0.25) is 0 Å². The van der Waals surface area contributed by atoms with Crippen molar-refractivity contribution in [1.82, 2.24) is 10.2 Å². The van der Waals surface area contributed by atoms with E-state index in [1.165, 1.54) is 6.42 Å². The lowest BCUT2D eigenvalue weighted by Crippen LogP contribution is -2.67. The third-order valence-corrected chi connectivity index (χ3v) is 4.64. The smallest absolute Gasteiger partial charge is 0.246 e. The Morgan fingerprint density at radius 1 is 1.32 bits per heavy atom. The van der Waals surface area contributed by atoms with E-state index >= 15 is 0 Å². The molecule has 0 aromatic carbocycles. The Morgan fingerprint density at radius 2 is 1.89 bits per heavy atom. The molecule has 2 amide bonds. The fourth-order valence-corrected chi connectivity index (χ4v) is 2.97. The Kier molecular flexibility index (Phi) is 3.40. The monoisotopic (exact) mass is 266 g/mol. The third-order valence-electron chi connectivity index (χ3n) is 4.64. The van der Waals surface area contributed by atoms with Gasteiger partial charge in [0.1, 0.15) is 12.1 Å². The number of nitrogens with one attached hydrogen (secondary N) is 1. The van der Waals surface area contributed by atoms with Gasteiger partial charge in [-0.2, -0.15) is 0 Å². The SMILES string of the molecule is CC1C(=O)NC(C(C)(C)C)C(=O)N1CC1(C)CCC1. The first-order valence-corrected chi connectivity index (χ1v) is 7.25. The first-order valence-electron chi connectivity index (χ1n) is 7.25. The molecule has 0 aromatic rings. The maximum absolute atomic E-state index is 12.7. The van der Waals surface area contributed by atoms with Crippen molar-refractivity contribution in [2.45, 2.75) is 66.0 Å². The number of carbonyl (C=O) groups excluding carboxylic acids is 2. The Morgan fingerprint density at radius 3 is 2.32 bits per heavy atom. The van der Waals surface area contributed by atoms with Crippen LogP contribution in [-0.4, -0.2) is 35.3 Å². The summed E-state index contributed by atoms with van der Waals surface area (Å²) in [5.41, 5.74) is -0.0321. The average Bonchev–Trinajstić information content (AvgIpc) is 2.25. The van der Waals surface area contributed by atoms with Gasteiger partial charge in [-0.15, -0.1) is 0 Å². The lowest BCUT2D eigenvalue weighted by Gasteiger charge is -2.48. The minimum atomic E-state index is -0.403. The van der Waals surface area contributed by atoms with Crippen LogP contribution in [0.15, 0.2) is 0 Å². The van der Waals surface area contributed by atoms with Crippen LogP contribution in [0.1, 0.15) is 53.9 Å². The highest BCUT2D eigenvalue weighted by Gasteiger charge is 2.46. The molecule has 4 nitrogen and oxygen atoms in total. The number of nitrogens with zero attached hydrogens (tertiary/aromatic N) is 1. The summed E-state index contributed by atoms with van der Waals surface area (Å²) in [6.07, 6.45) is 3.55. The number of hydrogen-bond acceptors (Lipinski definition) is 2. The highest BCUT2D eigenvalue weighted by molar-refractivity contribution is 5.97. The van der Waals surface area contributed by atoms with Crippen LogP contribution < -0.4 is 5.32 Å². The molecule has 1 aliphatic heterocycles. The van der Waals surface area contributed by atoms with Crippen molar-refractivity contribution >= 4 is 11.8 Å². The minimum Gasteiger partial charge on any atom is -0.342 e. The van der Waals surface area contributed by atoms with E-state index in [9.17, 15) is 9.59 Å². The van der Waals surface area contributed by atoms with Crippen LogP contribution >= 0.6 is 0 Å². The highest BCUT2D eigenvalue weighted by atomic mass is 16.2. The molecule has 2 atom stereocenters. The molecule has 1 heterocycles. The summed E-state index contributed by atoms with van der Waals surface area (Å²) in [4.78, 5) is 26.6. The molecule has 0 spiro atoms. The zero-order valence-electron chi connectivity index (χ0n) is 12.7. The molecule has 1 N–H and O–H groups in total. The van der Waals surface area contributed by atoms with E-state index < -0.39 is 6.04 Å². The second kappa shape index (κ2) is 4.50. The summed E-state index contributed by atoms with van der Waals surface area (Å²) in [5, 5.41) is 2.88. The molecule has 0 bridgehead atoms. The summed E-state index contributed by atoms with van der Waals surface area (Å²) < 4.78 is 0. The van der Waals surface area contributed by atoms with Crippen LogP contribution in [0.4, 0.5) is 0 Å². The fraction of sp³-hybridized carbons (Fsp3) is 0.867. The van der Waals surface area contributed by atoms with Gasteiger partial charge in [0.15, 0.2) is 0 Å². The van der Waals surface area contributed by atoms with E-state index in [1.807, 2.05) is 27.7 Å². The van der Waals surface area contributed by atoms with Gasteiger partial charge in [-0.1, -0.05) is 34.1 Å². The maximum Gasteiger partial charge on any atom is 0.246 e. The molecule has 1 aliphatic carbocycles. The second-order valence-corrected chi connectivity index (χ2v) is 7.61. The van der Waals surface area contributed by atoms with Crippen molar-refractivity contribution in [3.05, 3.63) is 0 Å². The second-order valence-electron chi connectivity index (χ2n) is 7.61. The standard InChI is InChI=1S/C15H26N2O2/c1-10-12(18)16-11(14(2,3)4)13(19)17(10)9-15(5)7-6-8-15/h10-11H,6-9H2,1-5H3,(H,16,18). The zero-order valence-corrected chi connectivity index (χ0v) is 12.7. The van der Waals surface area contributed by atoms with Gasteiger partial charge in [-0.3, -0.25) is 9.59 Å². The van der Waals surface area contributed by atoms with Gasteiger partial charge in [0.25, 0.3) is 0 Å². The lowest BCUT2D eigenvalue weighted by molar-refractivity contribution is -0.154. The van der Waals surface area contributed by atoms with Gasteiger partial charge < -0.3 is 10.2 Å². The van der Waals surface area contributed by atoms with Crippen LogP contribution in [-0.2, 0) is 9.59 Å². The fourth-order valence-electron chi connectivity index (χ4n) is 2.97. The van der Waals surface area contributed by atoms with Crippen LogP contribution in [0.3, 0.4) is 0 Å². The first-order chi connectivity index (χ1) is 8.64. The molecule has 0 aromatic heterocycles. The van der Waals surface area contributed by atoms with Crippen LogP contribution in [0, 0.1) is 10.8 Å². The van der Waals surface area contributed by atoms with Crippen LogP contribution in [0.5, 0.6) is 0 Å². The predicted molar refractivity (Wildman–Crippen MR) is 74.5 cm³/mol. The summed E-state index contributed by atoms with van der Waals surface area (Å²) in [6.45, 7) is 10.7. The summed E-state index contributed by atoms with van der Waals surface area (Å²) in [6, 6.07) is -0.747. The molecule has 19 heavy (non-hydrogen) atoms. The molecule has 2 rings (SSSR count). The van der Waals surface area contributed by atoms with Gasteiger partial charge in [-0.05, 0) is 30.6 Å². The Labute approximate surface area is 115 Å². The van der Waals surface area contributed by atoms with Crippen molar-refractivity contribution in [2.75, 3.05) is 6.54 Å². The normalized spacial score (nSPS) is 30.9. The largest absolute Gasteiger partial charge is 0.342 e. The molecule has 108 valence electrons. The molecular formula is C15H26N2O2.